The van der Waals surface area contributed by atoms with Gasteiger partial charge >= 0.3 is 0 Å². The Bertz CT molecular complexity index is 1230. The molecule has 2 aliphatic rings. The van der Waals surface area contributed by atoms with E-state index in [1.165, 1.54) is 40.5 Å². The maximum absolute atomic E-state index is 13.1. The fourth-order valence-electron chi connectivity index (χ4n) is 3.66. The normalized spacial score (nSPS) is 17.2. The summed E-state index contributed by atoms with van der Waals surface area (Å²) in [6, 6.07) is 12.4. The molecule has 10 nitrogen and oxygen atoms in total. The number of benzene rings is 2. The third-order valence-corrected chi connectivity index (χ3v) is 9.26. The minimum atomic E-state index is -3.79. The highest BCUT2D eigenvalue weighted by Crippen LogP contribution is 2.33. The summed E-state index contributed by atoms with van der Waals surface area (Å²) in [5.74, 6) is 0.511. The van der Waals surface area contributed by atoms with Crippen LogP contribution >= 0.6 is 0 Å². The topological polar surface area (TPSA) is 114 Å². The van der Waals surface area contributed by atoms with Crippen LogP contribution in [0.4, 0.5) is 0 Å². The van der Waals surface area contributed by atoms with Gasteiger partial charge in [0, 0.05) is 39.3 Å². The molecule has 2 aliphatic heterocycles. The van der Waals surface area contributed by atoms with Gasteiger partial charge in [-0.1, -0.05) is 18.2 Å². The third kappa shape index (κ3) is 4.83. The quantitative estimate of drug-likeness (QED) is 0.577. The molecule has 1 saturated heterocycles. The van der Waals surface area contributed by atoms with Crippen molar-refractivity contribution in [1.29, 1.82) is 0 Å². The first-order chi connectivity index (χ1) is 15.7. The van der Waals surface area contributed by atoms with E-state index in [2.05, 4.69) is 0 Å². The molecular weight excluding hydrogens is 470 g/mol. The number of nitrogens with zero attached hydrogens (tertiary/aromatic N) is 3. The highest BCUT2D eigenvalue weighted by Gasteiger charge is 2.32. The van der Waals surface area contributed by atoms with E-state index >= 15 is 0 Å². The van der Waals surface area contributed by atoms with Crippen LogP contribution in [0.5, 0.6) is 11.5 Å². The van der Waals surface area contributed by atoms with Crippen molar-refractivity contribution in [1.82, 2.24) is 13.5 Å². The third-order valence-electron chi connectivity index (χ3n) is 5.55. The van der Waals surface area contributed by atoms with Crippen molar-refractivity contribution in [3.8, 4) is 11.5 Å². The number of rotatable bonds is 6. The Balaban J connectivity index is 1.38. The lowest BCUT2D eigenvalue weighted by molar-refractivity contribution is -0.132. The van der Waals surface area contributed by atoms with Gasteiger partial charge in [-0.2, -0.15) is 8.61 Å². The predicted molar refractivity (Wildman–Crippen MR) is 119 cm³/mol. The van der Waals surface area contributed by atoms with Crippen molar-refractivity contribution in [2.75, 3.05) is 53.0 Å². The van der Waals surface area contributed by atoms with E-state index in [1.807, 2.05) is 0 Å². The van der Waals surface area contributed by atoms with Gasteiger partial charge in [0.1, 0.15) is 13.2 Å². The van der Waals surface area contributed by atoms with Crippen LogP contribution in [0.25, 0.3) is 0 Å². The summed E-state index contributed by atoms with van der Waals surface area (Å²) >= 11 is 0. The van der Waals surface area contributed by atoms with Crippen LogP contribution in [0.2, 0.25) is 0 Å². The van der Waals surface area contributed by atoms with E-state index in [0.29, 0.717) is 24.7 Å². The minimum Gasteiger partial charge on any atom is -0.486 e. The second-order valence-corrected chi connectivity index (χ2v) is 11.6. The van der Waals surface area contributed by atoms with Crippen LogP contribution in [-0.4, -0.2) is 89.2 Å². The van der Waals surface area contributed by atoms with Crippen molar-refractivity contribution in [2.45, 2.75) is 9.79 Å². The predicted octanol–water partition coefficient (Wildman–Crippen LogP) is 0.611. The fourth-order valence-corrected chi connectivity index (χ4v) is 6.24. The van der Waals surface area contributed by atoms with Gasteiger partial charge in [0.2, 0.25) is 26.0 Å². The van der Waals surface area contributed by atoms with Gasteiger partial charge in [-0.3, -0.25) is 4.79 Å². The summed E-state index contributed by atoms with van der Waals surface area (Å²) in [4.78, 5) is 14.4. The zero-order valence-electron chi connectivity index (χ0n) is 18.1. The summed E-state index contributed by atoms with van der Waals surface area (Å²) in [6.45, 7) is 0.994. The minimum absolute atomic E-state index is 0.0974. The number of ether oxygens (including phenoxy) is 2. The van der Waals surface area contributed by atoms with E-state index in [4.69, 9.17) is 9.47 Å². The second kappa shape index (κ2) is 9.29. The van der Waals surface area contributed by atoms with E-state index in [1.54, 1.807) is 24.3 Å². The van der Waals surface area contributed by atoms with Crippen molar-refractivity contribution in [3.63, 3.8) is 0 Å². The molecule has 0 aromatic heterocycles. The van der Waals surface area contributed by atoms with E-state index in [-0.39, 0.29) is 48.4 Å². The van der Waals surface area contributed by atoms with Gasteiger partial charge in [-0.25, -0.2) is 16.8 Å². The monoisotopic (exact) mass is 495 g/mol. The molecule has 0 saturated carbocycles. The van der Waals surface area contributed by atoms with E-state index < -0.39 is 20.0 Å². The first-order valence-corrected chi connectivity index (χ1v) is 13.3. The van der Waals surface area contributed by atoms with Gasteiger partial charge in [0.15, 0.2) is 11.5 Å². The molecule has 0 radical (unpaired) electrons. The Hall–Kier alpha value is -2.67. The Labute approximate surface area is 193 Å². The molecule has 0 bridgehead atoms. The standard InChI is InChI=1S/C21H25N3O7S2/c1-22(32(26,27)17-5-3-2-4-6-17)16-21(25)23-9-11-24(12-10-23)33(28,29)18-7-8-19-20(15-18)31-14-13-30-19/h2-8,15H,9-14,16H2,1H3. The van der Waals surface area contributed by atoms with Crippen LogP contribution in [-0.2, 0) is 24.8 Å². The molecule has 2 aromatic carbocycles. The number of likely N-dealkylation sites (N-methyl/N-ethyl adjacent to an activating group) is 1. The largest absolute Gasteiger partial charge is 0.486 e. The van der Waals surface area contributed by atoms with Crippen LogP contribution < -0.4 is 9.47 Å². The molecule has 0 atom stereocenters. The first-order valence-electron chi connectivity index (χ1n) is 10.4. The van der Waals surface area contributed by atoms with Gasteiger partial charge in [0.25, 0.3) is 0 Å². The Kier molecular flexibility index (Phi) is 6.61. The molecule has 0 aliphatic carbocycles. The molecule has 1 fully saturated rings. The SMILES string of the molecule is CN(CC(=O)N1CCN(S(=O)(=O)c2ccc3c(c2)OCCO3)CC1)S(=O)(=O)c1ccccc1. The number of sulfonamides is 2. The highest BCUT2D eigenvalue weighted by atomic mass is 32.2. The summed E-state index contributed by atoms with van der Waals surface area (Å²) < 4.78 is 64.6. The molecule has 12 heteroatoms. The Morgan fingerprint density at radius 3 is 2.18 bits per heavy atom. The van der Waals surface area contributed by atoms with Crippen molar-refractivity contribution in [2.24, 2.45) is 0 Å². The number of carbonyl (C=O) groups excluding carboxylic acids is 1. The number of hydrogen-bond acceptors (Lipinski definition) is 7. The molecular formula is C21H25N3O7S2. The number of carbonyl (C=O) groups is 1. The van der Waals surface area contributed by atoms with Crippen molar-refractivity contribution < 1.29 is 31.1 Å². The van der Waals surface area contributed by atoms with Gasteiger partial charge in [-0.05, 0) is 24.3 Å². The molecule has 0 spiro atoms. The van der Waals surface area contributed by atoms with Crippen LogP contribution in [0, 0.1) is 0 Å². The molecule has 0 N–H and O–H groups in total. The Morgan fingerprint density at radius 1 is 0.879 bits per heavy atom. The van der Waals surface area contributed by atoms with E-state index in [9.17, 15) is 21.6 Å². The lowest BCUT2D eigenvalue weighted by Crippen LogP contribution is -2.52. The summed E-state index contributed by atoms with van der Waals surface area (Å²) in [7, 11) is -6.22. The highest BCUT2D eigenvalue weighted by molar-refractivity contribution is 7.89. The maximum atomic E-state index is 13.1. The van der Waals surface area contributed by atoms with E-state index in [0.717, 1.165) is 4.31 Å². The zero-order chi connectivity index (χ0) is 23.6. The zero-order valence-corrected chi connectivity index (χ0v) is 19.7. The number of hydrogen-bond donors (Lipinski definition) is 0. The summed E-state index contributed by atoms with van der Waals surface area (Å²) in [5, 5.41) is 0. The molecule has 178 valence electrons. The van der Waals surface area contributed by atoms with Gasteiger partial charge < -0.3 is 14.4 Å². The lowest BCUT2D eigenvalue weighted by atomic mass is 10.3. The number of amides is 1. The van der Waals surface area contributed by atoms with Crippen molar-refractivity contribution >= 4 is 26.0 Å². The average molecular weight is 496 g/mol. The molecule has 0 unspecified atom stereocenters. The summed E-state index contributed by atoms with van der Waals surface area (Å²) in [6.07, 6.45) is 0. The second-order valence-electron chi connectivity index (χ2n) is 7.66. The number of fused-ring (bicyclic) bond motifs is 1. The fraction of sp³-hybridized carbons (Fsp3) is 0.381. The summed E-state index contributed by atoms with van der Waals surface area (Å²) in [5.41, 5.74) is 0. The molecule has 1 amide bonds. The molecule has 2 heterocycles. The van der Waals surface area contributed by atoms with Crippen LogP contribution in [0.15, 0.2) is 58.3 Å². The van der Waals surface area contributed by atoms with Crippen LogP contribution in [0.1, 0.15) is 0 Å². The average Bonchev–Trinajstić information content (AvgIpc) is 2.84. The van der Waals surface area contributed by atoms with Gasteiger partial charge in [-0.15, -0.1) is 0 Å². The first kappa shape index (κ1) is 23.5. The molecule has 33 heavy (non-hydrogen) atoms. The molecule has 2 aromatic rings. The van der Waals surface area contributed by atoms with Crippen LogP contribution in [0.3, 0.4) is 0 Å². The van der Waals surface area contributed by atoms with Crippen molar-refractivity contribution in [3.05, 3.63) is 48.5 Å². The smallest absolute Gasteiger partial charge is 0.243 e. The maximum Gasteiger partial charge on any atom is 0.243 e. The van der Waals surface area contributed by atoms with Gasteiger partial charge in [0.05, 0.1) is 16.3 Å². The Morgan fingerprint density at radius 2 is 1.52 bits per heavy atom. The molecule has 4 rings (SSSR count). The number of piperazine rings is 1. The lowest BCUT2D eigenvalue weighted by Gasteiger charge is -2.34.